The average Bonchev–Trinajstić information content (AvgIpc) is 2.59. The smallest absolute Gasteiger partial charge is 0.415 e. The van der Waals surface area contributed by atoms with Crippen LogP contribution in [0.4, 0.5) is 10.5 Å². The van der Waals surface area contributed by atoms with Gasteiger partial charge >= 0.3 is 6.09 Å². The molecule has 0 aliphatic carbocycles. The monoisotopic (exact) mass is 371 g/mol. The van der Waals surface area contributed by atoms with Gasteiger partial charge in [0.2, 0.25) is 0 Å². The Morgan fingerprint density at radius 3 is 2.42 bits per heavy atom. The molecule has 1 aliphatic rings. The second kappa shape index (κ2) is 7.04. The van der Waals surface area contributed by atoms with Crippen molar-refractivity contribution in [2.45, 2.75) is 32.4 Å². The molecule has 1 heterocycles. The maximum absolute atomic E-state index is 13.0. The highest BCUT2D eigenvalue weighted by molar-refractivity contribution is 6.30. The summed E-state index contributed by atoms with van der Waals surface area (Å²) in [5.74, 6) is 0.768. The number of amides is 1. The Morgan fingerprint density at radius 2 is 1.81 bits per heavy atom. The summed E-state index contributed by atoms with van der Waals surface area (Å²) in [6, 6.07) is 12.9. The van der Waals surface area contributed by atoms with Gasteiger partial charge in [0.05, 0.1) is 18.8 Å². The number of anilines is 1. The van der Waals surface area contributed by atoms with Crippen LogP contribution in [-0.4, -0.2) is 18.8 Å². The van der Waals surface area contributed by atoms with E-state index in [0.29, 0.717) is 5.02 Å². The molecule has 0 N–H and O–H groups in total. The lowest BCUT2D eigenvalue weighted by molar-refractivity contribution is 0.0571. The lowest BCUT2D eigenvalue weighted by Gasteiger charge is -2.35. The van der Waals surface area contributed by atoms with Crippen molar-refractivity contribution in [2.24, 2.45) is 0 Å². The van der Waals surface area contributed by atoms with E-state index in [1.807, 2.05) is 69.3 Å². The maximum Gasteiger partial charge on any atom is 0.415 e. The highest BCUT2D eigenvalue weighted by atomic mass is 35.5. The van der Waals surface area contributed by atoms with E-state index in [4.69, 9.17) is 21.1 Å². The molecule has 0 spiro atoms. The number of hydrogen-bond donors (Lipinski definition) is 0. The first-order valence-electron chi connectivity index (χ1n) is 8.42. The molecule has 1 atom stereocenters. The Bertz CT molecular complexity index is 837. The number of rotatable bonds is 2. The number of carbonyl (C=O) groups excluding carboxylic acids is 1. The normalized spacial score (nSPS) is 16.2. The molecule has 2 aromatic carbocycles. The van der Waals surface area contributed by atoms with Crippen LogP contribution in [0.1, 0.15) is 37.9 Å². The van der Waals surface area contributed by atoms with Gasteiger partial charge in [-0.15, -0.1) is 0 Å². The summed E-state index contributed by atoms with van der Waals surface area (Å²) >= 11 is 6.11. The Labute approximate surface area is 159 Å². The van der Waals surface area contributed by atoms with E-state index in [2.05, 4.69) is 0 Å². The molecule has 0 unspecified atom stereocenters. The molecule has 0 saturated heterocycles. The number of benzene rings is 2. The molecule has 0 fully saturated rings. The SMILES string of the molecule is COc1ccc([C@H]2C=Cc3cc(Cl)ccc3N2C(=O)OC(C)(C)C)cc1. The standard InChI is InChI=1S/C21H22ClNO3/c1-21(2,3)26-20(24)23-18(14-5-9-17(25-4)10-6-14)11-7-15-13-16(22)8-12-19(15)23/h5-13,18H,1-4H3/t18-/m1/s1. The van der Waals surface area contributed by atoms with Crippen molar-refractivity contribution in [1.29, 1.82) is 0 Å². The van der Waals surface area contributed by atoms with Crippen LogP contribution in [0.15, 0.2) is 48.5 Å². The minimum Gasteiger partial charge on any atom is -0.497 e. The molecule has 26 heavy (non-hydrogen) atoms. The fraction of sp³-hybridized carbons (Fsp3) is 0.286. The van der Waals surface area contributed by atoms with Gasteiger partial charge in [-0.2, -0.15) is 0 Å². The Morgan fingerprint density at radius 1 is 1.12 bits per heavy atom. The molecule has 136 valence electrons. The maximum atomic E-state index is 13.0. The summed E-state index contributed by atoms with van der Waals surface area (Å²) < 4.78 is 10.9. The number of methoxy groups -OCH3 is 1. The Hall–Kier alpha value is -2.46. The van der Waals surface area contributed by atoms with E-state index in [0.717, 1.165) is 22.6 Å². The zero-order valence-electron chi connectivity index (χ0n) is 15.3. The van der Waals surface area contributed by atoms with Crippen LogP contribution in [0.2, 0.25) is 5.02 Å². The van der Waals surface area contributed by atoms with E-state index in [1.54, 1.807) is 18.1 Å². The van der Waals surface area contributed by atoms with Crippen LogP contribution >= 0.6 is 11.6 Å². The molecule has 3 rings (SSSR count). The zero-order valence-corrected chi connectivity index (χ0v) is 16.1. The van der Waals surface area contributed by atoms with E-state index < -0.39 is 11.7 Å². The van der Waals surface area contributed by atoms with E-state index in [1.165, 1.54) is 0 Å². The van der Waals surface area contributed by atoms with Gasteiger partial charge in [-0.1, -0.05) is 35.9 Å². The largest absolute Gasteiger partial charge is 0.497 e. The lowest BCUT2D eigenvalue weighted by atomic mass is 9.97. The van der Waals surface area contributed by atoms with Crippen LogP contribution in [-0.2, 0) is 4.74 Å². The summed E-state index contributed by atoms with van der Waals surface area (Å²) in [6.07, 6.45) is 3.56. The van der Waals surface area contributed by atoms with E-state index in [9.17, 15) is 4.79 Å². The van der Waals surface area contributed by atoms with Gasteiger partial charge in [0, 0.05) is 5.02 Å². The summed E-state index contributed by atoms with van der Waals surface area (Å²) in [6.45, 7) is 5.57. The minimum atomic E-state index is -0.588. The molecule has 0 aromatic heterocycles. The van der Waals surface area contributed by atoms with Gasteiger partial charge in [-0.3, -0.25) is 4.90 Å². The molecule has 4 nitrogen and oxygen atoms in total. The predicted octanol–water partition coefficient (Wildman–Crippen LogP) is 5.86. The highest BCUT2D eigenvalue weighted by Crippen LogP contribution is 2.39. The van der Waals surface area contributed by atoms with Crippen LogP contribution in [0.25, 0.3) is 6.08 Å². The number of hydrogen-bond acceptors (Lipinski definition) is 3. The average molecular weight is 372 g/mol. The molecule has 0 radical (unpaired) electrons. The number of ether oxygens (including phenoxy) is 2. The van der Waals surface area contributed by atoms with Gasteiger partial charge in [0.15, 0.2) is 0 Å². The topological polar surface area (TPSA) is 38.8 Å². The minimum absolute atomic E-state index is 0.274. The molecule has 0 saturated carbocycles. The second-order valence-electron chi connectivity index (χ2n) is 7.13. The molecule has 0 bridgehead atoms. The zero-order chi connectivity index (χ0) is 18.9. The summed E-state index contributed by atoms with van der Waals surface area (Å²) in [5, 5.41) is 0.625. The molecular weight excluding hydrogens is 350 g/mol. The summed E-state index contributed by atoms with van der Waals surface area (Å²) in [5.41, 5.74) is 2.03. The summed E-state index contributed by atoms with van der Waals surface area (Å²) in [7, 11) is 1.63. The molecule has 2 aromatic rings. The van der Waals surface area contributed by atoms with E-state index >= 15 is 0 Å². The fourth-order valence-corrected chi connectivity index (χ4v) is 3.07. The van der Waals surface area contributed by atoms with Crippen molar-refractivity contribution < 1.29 is 14.3 Å². The van der Waals surface area contributed by atoms with Crippen molar-refractivity contribution in [3.63, 3.8) is 0 Å². The van der Waals surface area contributed by atoms with Crippen molar-refractivity contribution in [2.75, 3.05) is 12.0 Å². The Kier molecular flexibility index (Phi) is 4.97. The molecule has 5 heteroatoms. The number of halogens is 1. The molecular formula is C21H22ClNO3. The summed E-state index contributed by atoms with van der Waals surface area (Å²) in [4.78, 5) is 14.6. The van der Waals surface area contributed by atoms with Crippen LogP contribution < -0.4 is 9.64 Å². The van der Waals surface area contributed by atoms with Gasteiger partial charge in [-0.05, 0) is 62.2 Å². The number of fused-ring (bicyclic) bond motifs is 1. The first-order chi connectivity index (χ1) is 12.3. The van der Waals surface area contributed by atoms with Gasteiger partial charge in [0.1, 0.15) is 11.4 Å². The van der Waals surface area contributed by atoms with Crippen molar-refractivity contribution in [3.05, 3.63) is 64.7 Å². The first kappa shape index (κ1) is 18.3. The van der Waals surface area contributed by atoms with Gasteiger partial charge in [-0.25, -0.2) is 4.79 Å². The lowest BCUT2D eigenvalue weighted by Crippen LogP contribution is -2.40. The third kappa shape index (κ3) is 3.86. The molecule has 1 aliphatic heterocycles. The first-order valence-corrected chi connectivity index (χ1v) is 8.80. The van der Waals surface area contributed by atoms with Crippen LogP contribution in [0.3, 0.4) is 0 Å². The third-order valence-electron chi connectivity index (χ3n) is 4.03. The molecule has 1 amide bonds. The van der Waals surface area contributed by atoms with Crippen molar-refractivity contribution in [3.8, 4) is 5.75 Å². The van der Waals surface area contributed by atoms with Gasteiger partial charge in [0.25, 0.3) is 0 Å². The Balaban J connectivity index is 2.04. The third-order valence-corrected chi connectivity index (χ3v) is 4.27. The quantitative estimate of drug-likeness (QED) is 0.663. The second-order valence-corrected chi connectivity index (χ2v) is 7.57. The predicted molar refractivity (Wildman–Crippen MR) is 105 cm³/mol. The van der Waals surface area contributed by atoms with Crippen molar-refractivity contribution >= 4 is 29.5 Å². The van der Waals surface area contributed by atoms with Crippen LogP contribution in [0, 0.1) is 0 Å². The highest BCUT2D eigenvalue weighted by Gasteiger charge is 2.32. The van der Waals surface area contributed by atoms with Gasteiger partial charge < -0.3 is 9.47 Å². The van der Waals surface area contributed by atoms with Crippen molar-refractivity contribution in [1.82, 2.24) is 0 Å². The fourth-order valence-electron chi connectivity index (χ4n) is 2.89. The van der Waals surface area contributed by atoms with E-state index in [-0.39, 0.29) is 6.04 Å². The number of nitrogens with zero attached hydrogens (tertiary/aromatic N) is 1. The number of carbonyl (C=O) groups is 1. The van der Waals surface area contributed by atoms with Crippen LogP contribution in [0.5, 0.6) is 5.75 Å².